The second-order valence-corrected chi connectivity index (χ2v) is 6.07. The lowest BCUT2D eigenvalue weighted by atomic mass is 10.4. The summed E-state index contributed by atoms with van der Waals surface area (Å²) in [7, 11) is 0. The van der Waals surface area contributed by atoms with Crippen LogP contribution in [0.5, 0.6) is 0 Å². The molecule has 1 rings (SSSR count). The van der Waals surface area contributed by atoms with E-state index in [9.17, 15) is 0 Å². The molecule has 2 heteroatoms. The molecule has 2 unspecified atom stereocenters. The Morgan fingerprint density at radius 3 is 1.29 bits per heavy atom. The largest absolute Gasteiger partial charge is 0.0841 e. The minimum atomic E-state index is 0.375. The molecular weight excluding hydrogens is 220 g/mol. The zero-order chi connectivity index (χ0) is 5.71. The van der Waals surface area contributed by atoms with E-state index in [-0.39, 0.29) is 0 Å². The third-order valence-electron chi connectivity index (χ3n) is 1.63. The first kappa shape index (κ1) is 6.09. The first-order valence-electron chi connectivity index (χ1n) is 2.34. The van der Waals surface area contributed by atoms with Crippen LogP contribution >= 0.6 is 31.9 Å². The maximum atomic E-state index is 3.56. The molecular formula is C5H8Br2. The van der Waals surface area contributed by atoms with Gasteiger partial charge in [0.25, 0.3) is 0 Å². The van der Waals surface area contributed by atoms with Crippen LogP contribution < -0.4 is 0 Å². The fourth-order valence-electron chi connectivity index (χ4n) is 0.579. The topological polar surface area (TPSA) is 0 Å². The normalized spacial score (nSPS) is 60.0. The average Bonchev–Trinajstić information content (AvgIpc) is 1.63. The highest BCUT2D eigenvalue weighted by atomic mass is 79.9. The lowest BCUT2D eigenvalue weighted by Gasteiger charge is -2.00. The van der Waals surface area contributed by atoms with Crippen LogP contribution in [0, 0.1) is 0 Å². The quantitative estimate of drug-likeness (QED) is 0.559. The van der Waals surface area contributed by atoms with Gasteiger partial charge in [-0.15, -0.1) is 0 Å². The van der Waals surface area contributed by atoms with Crippen LogP contribution in [-0.4, -0.2) is 8.65 Å². The summed E-state index contributed by atoms with van der Waals surface area (Å²) in [5.41, 5.74) is 0. The van der Waals surface area contributed by atoms with Gasteiger partial charge in [0.2, 0.25) is 0 Å². The molecule has 0 aliphatic heterocycles. The molecule has 0 aromatic carbocycles. The summed E-state index contributed by atoms with van der Waals surface area (Å²) < 4.78 is 0.750. The molecule has 1 aliphatic carbocycles. The van der Waals surface area contributed by atoms with Crippen LogP contribution in [-0.2, 0) is 0 Å². The molecule has 0 aromatic rings. The van der Waals surface area contributed by atoms with Gasteiger partial charge >= 0.3 is 0 Å². The highest BCUT2D eigenvalue weighted by Crippen LogP contribution is 2.60. The van der Waals surface area contributed by atoms with E-state index in [0.717, 1.165) is 0 Å². The molecule has 1 saturated carbocycles. The van der Waals surface area contributed by atoms with E-state index in [2.05, 4.69) is 45.7 Å². The fourth-order valence-corrected chi connectivity index (χ4v) is 2.08. The Labute approximate surface area is 60.9 Å². The molecule has 0 aromatic heterocycles. The van der Waals surface area contributed by atoms with E-state index in [4.69, 9.17) is 0 Å². The Kier molecular flexibility index (Phi) is 1.10. The van der Waals surface area contributed by atoms with Crippen molar-refractivity contribution in [2.24, 2.45) is 0 Å². The van der Waals surface area contributed by atoms with E-state index in [0.29, 0.717) is 8.65 Å². The van der Waals surface area contributed by atoms with Crippen LogP contribution in [0.4, 0.5) is 0 Å². The molecule has 1 aliphatic rings. The SMILES string of the molecule is CC1(Br)CC1(C)Br. The number of rotatable bonds is 0. The van der Waals surface area contributed by atoms with Gasteiger partial charge in [0.1, 0.15) is 0 Å². The van der Waals surface area contributed by atoms with E-state index in [1.165, 1.54) is 6.42 Å². The van der Waals surface area contributed by atoms with Crippen LogP contribution in [0.3, 0.4) is 0 Å². The Morgan fingerprint density at radius 1 is 1.14 bits per heavy atom. The number of halogens is 2. The lowest BCUT2D eigenvalue weighted by Crippen LogP contribution is -2.02. The molecule has 0 radical (unpaired) electrons. The smallest absolute Gasteiger partial charge is 0.0394 e. The fraction of sp³-hybridized carbons (Fsp3) is 1.00. The predicted molar refractivity (Wildman–Crippen MR) is 39.3 cm³/mol. The van der Waals surface area contributed by atoms with Crippen molar-refractivity contribution >= 4 is 31.9 Å². The number of alkyl halides is 2. The molecule has 0 saturated heterocycles. The van der Waals surface area contributed by atoms with Gasteiger partial charge in [0.05, 0.1) is 0 Å². The van der Waals surface area contributed by atoms with Crippen LogP contribution in [0.1, 0.15) is 20.3 Å². The molecule has 0 spiro atoms. The highest BCUT2D eigenvalue weighted by molar-refractivity contribution is 9.13. The minimum absolute atomic E-state index is 0.375. The summed E-state index contributed by atoms with van der Waals surface area (Å²) in [6.07, 6.45) is 1.24. The first-order chi connectivity index (χ1) is 2.96. The molecule has 0 amide bonds. The maximum absolute atomic E-state index is 3.56. The van der Waals surface area contributed by atoms with Crippen molar-refractivity contribution in [3.63, 3.8) is 0 Å². The Morgan fingerprint density at radius 2 is 1.29 bits per heavy atom. The van der Waals surface area contributed by atoms with Crippen LogP contribution in [0.2, 0.25) is 0 Å². The molecule has 0 nitrogen and oxygen atoms in total. The summed E-state index contributed by atoms with van der Waals surface area (Å²) >= 11 is 7.12. The van der Waals surface area contributed by atoms with E-state index >= 15 is 0 Å². The average molecular weight is 228 g/mol. The van der Waals surface area contributed by atoms with Crippen molar-refractivity contribution in [2.75, 3.05) is 0 Å². The molecule has 0 N–H and O–H groups in total. The van der Waals surface area contributed by atoms with Gasteiger partial charge in [-0.05, 0) is 20.3 Å². The number of hydrogen-bond donors (Lipinski definition) is 0. The first-order valence-corrected chi connectivity index (χ1v) is 3.92. The van der Waals surface area contributed by atoms with E-state index in [1.807, 2.05) is 0 Å². The minimum Gasteiger partial charge on any atom is -0.0841 e. The van der Waals surface area contributed by atoms with Crippen molar-refractivity contribution in [2.45, 2.75) is 28.9 Å². The predicted octanol–water partition coefficient (Wildman–Crippen LogP) is 2.70. The Balaban J connectivity index is 2.59. The summed E-state index contributed by atoms with van der Waals surface area (Å²) in [5, 5.41) is 0. The second-order valence-electron chi connectivity index (χ2n) is 2.57. The van der Waals surface area contributed by atoms with Crippen LogP contribution in [0.25, 0.3) is 0 Å². The molecule has 2 atom stereocenters. The van der Waals surface area contributed by atoms with Crippen molar-refractivity contribution in [3.8, 4) is 0 Å². The molecule has 1 fully saturated rings. The van der Waals surface area contributed by atoms with Gasteiger partial charge in [-0.1, -0.05) is 31.9 Å². The summed E-state index contributed by atoms with van der Waals surface area (Å²) in [6, 6.07) is 0. The van der Waals surface area contributed by atoms with E-state index < -0.39 is 0 Å². The Hall–Kier alpha value is 0.960. The van der Waals surface area contributed by atoms with Gasteiger partial charge in [-0.3, -0.25) is 0 Å². The molecule has 7 heavy (non-hydrogen) atoms. The van der Waals surface area contributed by atoms with Crippen molar-refractivity contribution < 1.29 is 0 Å². The second kappa shape index (κ2) is 1.27. The van der Waals surface area contributed by atoms with Gasteiger partial charge in [0.15, 0.2) is 0 Å². The summed E-state index contributed by atoms with van der Waals surface area (Å²) in [4.78, 5) is 0. The van der Waals surface area contributed by atoms with E-state index in [1.54, 1.807) is 0 Å². The third-order valence-corrected chi connectivity index (χ3v) is 4.47. The van der Waals surface area contributed by atoms with Crippen molar-refractivity contribution in [1.29, 1.82) is 0 Å². The zero-order valence-corrected chi connectivity index (χ0v) is 7.64. The van der Waals surface area contributed by atoms with Gasteiger partial charge < -0.3 is 0 Å². The monoisotopic (exact) mass is 226 g/mol. The third kappa shape index (κ3) is 0.879. The van der Waals surface area contributed by atoms with Crippen LogP contribution in [0.15, 0.2) is 0 Å². The summed E-state index contributed by atoms with van der Waals surface area (Å²) in [6.45, 7) is 4.39. The maximum Gasteiger partial charge on any atom is 0.0394 e. The zero-order valence-electron chi connectivity index (χ0n) is 4.46. The molecule has 42 valence electrons. The van der Waals surface area contributed by atoms with Crippen molar-refractivity contribution in [1.82, 2.24) is 0 Å². The van der Waals surface area contributed by atoms with Gasteiger partial charge in [-0.25, -0.2) is 0 Å². The molecule has 0 heterocycles. The summed E-state index contributed by atoms with van der Waals surface area (Å²) in [5.74, 6) is 0. The molecule has 0 bridgehead atoms. The van der Waals surface area contributed by atoms with Gasteiger partial charge in [0, 0.05) is 8.65 Å². The Bertz CT molecular complexity index is 82.3. The highest BCUT2D eigenvalue weighted by Gasteiger charge is 2.57. The van der Waals surface area contributed by atoms with Gasteiger partial charge in [-0.2, -0.15) is 0 Å². The van der Waals surface area contributed by atoms with Crippen molar-refractivity contribution in [3.05, 3.63) is 0 Å². The standard InChI is InChI=1S/C5H8Br2/c1-4(6)3-5(4,2)7/h3H2,1-2H3. The number of hydrogen-bond acceptors (Lipinski definition) is 0. The lowest BCUT2D eigenvalue weighted by molar-refractivity contribution is 0.959.